The Hall–Kier alpha value is -4.46. The van der Waals surface area contributed by atoms with Crippen LogP contribution >= 0.6 is 0 Å². The van der Waals surface area contributed by atoms with E-state index in [2.05, 4.69) is 33.1 Å². The molecule has 0 saturated heterocycles. The van der Waals surface area contributed by atoms with E-state index in [-0.39, 0.29) is 24.1 Å². The number of allylic oxidation sites excluding steroid dienone is 2. The van der Waals surface area contributed by atoms with Gasteiger partial charge in [0.15, 0.2) is 0 Å². The Bertz CT molecular complexity index is 1410. The molecule has 0 aliphatic heterocycles. The zero-order valence-corrected chi connectivity index (χ0v) is 25.2. The summed E-state index contributed by atoms with van der Waals surface area (Å²) in [5, 5.41) is 8.89. The lowest BCUT2D eigenvalue weighted by Crippen LogP contribution is -2.31. The predicted octanol–water partition coefficient (Wildman–Crippen LogP) is 4.99. The largest absolute Gasteiger partial charge is 0.494 e. The lowest BCUT2D eigenvalue weighted by Gasteiger charge is -2.18. The summed E-state index contributed by atoms with van der Waals surface area (Å²) in [5.41, 5.74) is 3.75. The number of carbonyl (C=O) groups is 3. The minimum atomic E-state index is -0.0614. The Morgan fingerprint density at radius 1 is 0.773 bits per heavy atom. The van der Waals surface area contributed by atoms with E-state index in [0.717, 1.165) is 34.7 Å². The van der Waals surface area contributed by atoms with Gasteiger partial charge >= 0.3 is 0 Å². The third kappa shape index (κ3) is 9.53. The Morgan fingerprint density at radius 2 is 1.55 bits per heavy atom. The molecule has 1 saturated carbocycles. The van der Waals surface area contributed by atoms with E-state index in [1.807, 2.05) is 66.7 Å². The number of nitrogens with one attached hydrogen (secondary N) is 3. The maximum atomic E-state index is 12.3. The fraction of sp³-hybridized carbons (Fsp3) is 0.389. The van der Waals surface area contributed by atoms with Crippen molar-refractivity contribution in [3.8, 4) is 16.9 Å². The van der Waals surface area contributed by atoms with Crippen molar-refractivity contribution in [3.05, 3.63) is 96.3 Å². The lowest BCUT2D eigenvalue weighted by atomic mass is 9.93. The monoisotopic (exact) mass is 594 g/mol. The molecule has 8 nitrogen and oxygen atoms in total. The number of nitrogens with zero attached hydrogens (tertiary/aromatic N) is 1. The molecule has 1 heterocycles. The molecule has 44 heavy (non-hydrogen) atoms. The third-order valence-corrected chi connectivity index (χ3v) is 8.38. The number of fused-ring (bicyclic) bond motifs is 2. The molecule has 3 N–H and O–H groups in total. The second-order valence-electron chi connectivity index (χ2n) is 11.8. The molecule has 1 aromatic heterocycles. The van der Waals surface area contributed by atoms with Crippen molar-refractivity contribution < 1.29 is 19.1 Å². The molecule has 8 heteroatoms. The first kappa shape index (κ1) is 31.0. The minimum Gasteiger partial charge on any atom is -0.494 e. The summed E-state index contributed by atoms with van der Waals surface area (Å²) < 4.78 is 5.83. The maximum absolute atomic E-state index is 12.3. The molecule has 3 unspecified atom stereocenters. The first-order valence-electron chi connectivity index (χ1n) is 15.7. The van der Waals surface area contributed by atoms with Gasteiger partial charge in [0.1, 0.15) is 5.75 Å². The van der Waals surface area contributed by atoms with Crippen molar-refractivity contribution in [3.63, 3.8) is 0 Å². The second-order valence-corrected chi connectivity index (χ2v) is 11.8. The third-order valence-electron chi connectivity index (χ3n) is 8.38. The highest BCUT2D eigenvalue weighted by Gasteiger charge is 2.35. The summed E-state index contributed by atoms with van der Waals surface area (Å²) >= 11 is 0. The Morgan fingerprint density at radius 3 is 2.25 bits per heavy atom. The van der Waals surface area contributed by atoms with Crippen LogP contribution in [0.15, 0.2) is 85.1 Å². The molecule has 2 aliphatic rings. The summed E-state index contributed by atoms with van der Waals surface area (Å²) in [6.45, 7) is 2.27. The standard InChI is InChI=1S/C36H42N4O4/c41-34(8-4-9-35(42)40-25-31-21-27-10-11-29(31)20-27)37-18-5-19-44-33-16-13-28(14-17-33)30-12-15-32(38-24-30)22-36(43)39-23-26-6-2-1-3-7-26/h1-3,6-7,10-17,24,27,29,31H,4-5,8-9,18-23,25H2,(H,37,41)(H,39,43)(H,40,42). The van der Waals surface area contributed by atoms with Gasteiger partial charge in [0.05, 0.1) is 13.0 Å². The molecular weight excluding hydrogens is 552 g/mol. The second kappa shape index (κ2) is 15.8. The number of hydrogen-bond donors (Lipinski definition) is 3. The van der Waals surface area contributed by atoms with Crippen LogP contribution in [-0.4, -0.2) is 42.4 Å². The number of aromatic nitrogens is 1. The van der Waals surface area contributed by atoms with Gasteiger partial charge in [0, 0.05) is 49.9 Å². The molecule has 0 radical (unpaired) electrons. The summed E-state index contributed by atoms with van der Waals surface area (Å²) in [6.07, 6.45) is 11.0. The van der Waals surface area contributed by atoms with Crippen molar-refractivity contribution in [2.75, 3.05) is 19.7 Å². The van der Waals surface area contributed by atoms with Gasteiger partial charge in [0.25, 0.3) is 0 Å². The normalized spacial score (nSPS) is 18.1. The van der Waals surface area contributed by atoms with Crippen molar-refractivity contribution in [1.29, 1.82) is 0 Å². The number of ether oxygens (including phenoxy) is 1. The number of carbonyl (C=O) groups excluding carboxylic acids is 3. The maximum Gasteiger partial charge on any atom is 0.226 e. The van der Waals surface area contributed by atoms with Crippen LogP contribution in [0.1, 0.15) is 49.8 Å². The summed E-state index contributed by atoms with van der Waals surface area (Å²) in [5.74, 6) is 2.62. The van der Waals surface area contributed by atoms with Crippen molar-refractivity contribution >= 4 is 17.7 Å². The molecule has 0 spiro atoms. The fourth-order valence-corrected chi connectivity index (χ4v) is 5.92. The van der Waals surface area contributed by atoms with Gasteiger partial charge < -0.3 is 20.7 Å². The topological polar surface area (TPSA) is 109 Å². The molecule has 3 amide bonds. The number of amides is 3. The highest BCUT2D eigenvalue weighted by molar-refractivity contribution is 5.79. The Kier molecular flexibility index (Phi) is 11.2. The highest BCUT2D eigenvalue weighted by atomic mass is 16.5. The average Bonchev–Trinajstić information content (AvgIpc) is 3.68. The molecule has 2 aromatic carbocycles. The van der Waals surface area contributed by atoms with Gasteiger partial charge in [-0.15, -0.1) is 0 Å². The number of hydrogen-bond acceptors (Lipinski definition) is 5. The van der Waals surface area contributed by atoms with E-state index in [1.165, 1.54) is 12.8 Å². The van der Waals surface area contributed by atoms with Crippen LogP contribution in [0.3, 0.4) is 0 Å². The van der Waals surface area contributed by atoms with Crippen LogP contribution < -0.4 is 20.7 Å². The molecule has 230 valence electrons. The van der Waals surface area contributed by atoms with Crippen LogP contribution in [0.2, 0.25) is 0 Å². The van der Waals surface area contributed by atoms with E-state index in [9.17, 15) is 14.4 Å². The van der Waals surface area contributed by atoms with Gasteiger partial charge in [-0.2, -0.15) is 0 Å². The van der Waals surface area contributed by atoms with Crippen LogP contribution in [0.5, 0.6) is 5.75 Å². The van der Waals surface area contributed by atoms with E-state index >= 15 is 0 Å². The molecule has 2 bridgehead atoms. The summed E-state index contributed by atoms with van der Waals surface area (Å²) in [6, 6.07) is 21.4. The van der Waals surface area contributed by atoms with Gasteiger partial charge in [-0.05, 0) is 72.8 Å². The Labute approximate surface area is 259 Å². The number of pyridine rings is 1. The van der Waals surface area contributed by atoms with Crippen LogP contribution in [0, 0.1) is 17.8 Å². The Balaban J connectivity index is 0.910. The van der Waals surface area contributed by atoms with E-state index in [0.29, 0.717) is 63.1 Å². The quantitative estimate of drug-likeness (QED) is 0.160. The molecule has 2 aliphatic carbocycles. The van der Waals surface area contributed by atoms with Crippen LogP contribution in [0.25, 0.3) is 11.1 Å². The first-order chi connectivity index (χ1) is 21.5. The molecule has 5 rings (SSSR count). The van der Waals surface area contributed by atoms with E-state index < -0.39 is 0 Å². The molecular formula is C36H42N4O4. The highest BCUT2D eigenvalue weighted by Crippen LogP contribution is 2.42. The van der Waals surface area contributed by atoms with Crippen molar-refractivity contribution in [2.24, 2.45) is 17.8 Å². The van der Waals surface area contributed by atoms with Crippen molar-refractivity contribution in [1.82, 2.24) is 20.9 Å². The van der Waals surface area contributed by atoms with Crippen molar-refractivity contribution in [2.45, 2.75) is 51.5 Å². The van der Waals surface area contributed by atoms with Gasteiger partial charge in [-0.3, -0.25) is 19.4 Å². The van der Waals surface area contributed by atoms with Gasteiger partial charge in [-0.25, -0.2) is 0 Å². The zero-order chi connectivity index (χ0) is 30.6. The molecule has 3 atom stereocenters. The van der Waals surface area contributed by atoms with Gasteiger partial charge in [0.2, 0.25) is 17.7 Å². The molecule has 1 fully saturated rings. The number of benzene rings is 2. The summed E-state index contributed by atoms with van der Waals surface area (Å²) in [4.78, 5) is 41.0. The SMILES string of the molecule is O=C(CCCC(=O)NCC1CC2C=CC1C2)NCCCOc1ccc(-c2ccc(CC(=O)NCc3ccccc3)nc2)cc1. The average molecular weight is 595 g/mol. The lowest BCUT2D eigenvalue weighted by molar-refractivity contribution is -0.123. The van der Waals surface area contributed by atoms with E-state index in [4.69, 9.17) is 4.74 Å². The van der Waals surface area contributed by atoms with Gasteiger partial charge in [-0.1, -0.05) is 60.7 Å². The molecule has 3 aromatic rings. The number of rotatable bonds is 16. The van der Waals surface area contributed by atoms with E-state index in [1.54, 1.807) is 6.20 Å². The van der Waals surface area contributed by atoms with Crippen LogP contribution in [-0.2, 0) is 27.3 Å². The fourth-order valence-electron chi connectivity index (χ4n) is 5.92. The smallest absolute Gasteiger partial charge is 0.226 e. The first-order valence-corrected chi connectivity index (χ1v) is 15.7. The van der Waals surface area contributed by atoms with Crippen LogP contribution in [0.4, 0.5) is 0 Å². The zero-order valence-electron chi connectivity index (χ0n) is 25.2. The minimum absolute atomic E-state index is 0.0344. The summed E-state index contributed by atoms with van der Waals surface area (Å²) in [7, 11) is 0. The predicted molar refractivity (Wildman–Crippen MR) is 170 cm³/mol.